The fraction of sp³-hybridized carbons (Fsp3) is 0.200. The number of furan rings is 1. The highest BCUT2D eigenvalue weighted by Crippen LogP contribution is 2.36. The van der Waals surface area contributed by atoms with Gasteiger partial charge >= 0.3 is 0 Å². The molecule has 0 unspecified atom stereocenters. The number of thioether (sulfide) groups is 1. The summed E-state index contributed by atoms with van der Waals surface area (Å²) in [5.41, 5.74) is 2.68. The summed E-state index contributed by atoms with van der Waals surface area (Å²) in [6.07, 6.45) is 2.52. The summed E-state index contributed by atoms with van der Waals surface area (Å²) in [5.74, 6) is 0.993. The molecule has 168 valence electrons. The Bertz CT molecular complexity index is 1240. The molecular weight excluding hydrogens is 438 g/mol. The highest BCUT2D eigenvalue weighted by atomic mass is 32.2. The number of aryl methyl sites for hydroxylation is 1. The van der Waals surface area contributed by atoms with Crippen LogP contribution in [0.1, 0.15) is 31.6 Å². The molecule has 0 bridgehead atoms. The second kappa shape index (κ2) is 9.46. The summed E-state index contributed by atoms with van der Waals surface area (Å²) in [6.45, 7) is 6.06. The Kier molecular flexibility index (Phi) is 6.46. The molecule has 1 atom stereocenters. The molecule has 2 heterocycles. The van der Waals surface area contributed by atoms with Crippen LogP contribution in [0.15, 0.2) is 75.0 Å². The van der Waals surface area contributed by atoms with E-state index in [-0.39, 0.29) is 17.6 Å². The van der Waals surface area contributed by atoms with Crippen molar-refractivity contribution < 1.29 is 14.1 Å². The minimum Gasteiger partial charge on any atom is -0.457 e. The molecule has 1 aromatic heterocycles. The fourth-order valence-corrected chi connectivity index (χ4v) is 4.40. The summed E-state index contributed by atoms with van der Waals surface area (Å²) in [4.78, 5) is 30.6. The normalized spacial score (nSPS) is 17.2. The van der Waals surface area contributed by atoms with Gasteiger partial charge in [-0.25, -0.2) is 4.99 Å². The second-order valence-corrected chi connectivity index (χ2v) is 8.79. The van der Waals surface area contributed by atoms with Gasteiger partial charge in [0.25, 0.3) is 11.6 Å². The van der Waals surface area contributed by atoms with Crippen LogP contribution in [0.4, 0.5) is 11.4 Å². The Morgan fingerprint density at radius 2 is 1.82 bits per heavy atom. The van der Waals surface area contributed by atoms with Crippen molar-refractivity contribution in [3.8, 4) is 11.3 Å². The molecule has 0 aliphatic carbocycles. The SMILES string of the molecule is CC[C@H](C)N1C(=O)/C(=C\c2ccc(-c3ccc([N+](=O)[O-])cc3)o2)SC1=Nc1ccc(C)cc1. The summed E-state index contributed by atoms with van der Waals surface area (Å²) in [7, 11) is 0. The lowest BCUT2D eigenvalue weighted by Crippen LogP contribution is -2.36. The summed E-state index contributed by atoms with van der Waals surface area (Å²) in [6, 6.07) is 17.6. The third-order valence-electron chi connectivity index (χ3n) is 5.39. The average molecular weight is 462 g/mol. The van der Waals surface area contributed by atoms with Gasteiger partial charge in [-0.3, -0.25) is 19.8 Å². The number of nitro benzene ring substituents is 1. The molecule has 0 radical (unpaired) electrons. The highest BCUT2D eigenvalue weighted by molar-refractivity contribution is 8.18. The van der Waals surface area contributed by atoms with Crippen LogP contribution in [0, 0.1) is 17.0 Å². The molecular formula is C25H23N3O4S. The molecule has 3 aromatic rings. The van der Waals surface area contributed by atoms with E-state index in [4.69, 9.17) is 9.41 Å². The number of carbonyl (C=O) groups is 1. The Labute approximate surface area is 196 Å². The molecule has 0 spiro atoms. The van der Waals surface area contributed by atoms with Gasteiger partial charge in [0.2, 0.25) is 0 Å². The largest absolute Gasteiger partial charge is 0.457 e. The maximum atomic E-state index is 13.2. The average Bonchev–Trinajstić information content (AvgIpc) is 3.40. The smallest absolute Gasteiger partial charge is 0.269 e. The van der Waals surface area contributed by atoms with Gasteiger partial charge in [-0.1, -0.05) is 24.6 Å². The van der Waals surface area contributed by atoms with E-state index < -0.39 is 4.92 Å². The van der Waals surface area contributed by atoms with E-state index in [1.54, 1.807) is 35.2 Å². The first-order chi connectivity index (χ1) is 15.9. The van der Waals surface area contributed by atoms with Crippen LogP contribution in [0.5, 0.6) is 0 Å². The standard InChI is InChI=1S/C25H23N3O4S/c1-4-17(3)27-24(29)23(33-25(27)26-19-9-5-16(2)6-10-19)15-21-13-14-22(32-21)18-7-11-20(12-8-18)28(30)31/h5-15,17H,4H2,1-3H3/b23-15+,26-25?/t17-/m0/s1. The van der Waals surface area contributed by atoms with E-state index >= 15 is 0 Å². The predicted molar refractivity (Wildman–Crippen MR) is 131 cm³/mol. The van der Waals surface area contributed by atoms with Crippen molar-refractivity contribution in [2.75, 3.05) is 0 Å². The van der Waals surface area contributed by atoms with Gasteiger partial charge < -0.3 is 4.42 Å². The van der Waals surface area contributed by atoms with Crippen molar-refractivity contribution in [3.05, 3.63) is 87.0 Å². The Morgan fingerprint density at radius 3 is 2.45 bits per heavy atom. The molecule has 1 aliphatic heterocycles. The van der Waals surface area contributed by atoms with Crippen LogP contribution in [-0.4, -0.2) is 26.9 Å². The van der Waals surface area contributed by atoms with Crippen LogP contribution in [0.25, 0.3) is 17.4 Å². The molecule has 4 rings (SSSR count). The third kappa shape index (κ3) is 4.90. The number of aliphatic imine (C=N–C) groups is 1. The third-order valence-corrected chi connectivity index (χ3v) is 6.37. The van der Waals surface area contributed by atoms with Crippen LogP contribution >= 0.6 is 11.8 Å². The molecule has 1 amide bonds. The zero-order valence-corrected chi connectivity index (χ0v) is 19.3. The van der Waals surface area contributed by atoms with E-state index in [0.29, 0.717) is 21.6 Å². The lowest BCUT2D eigenvalue weighted by molar-refractivity contribution is -0.384. The summed E-state index contributed by atoms with van der Waals surface area (Å²) >= 11 is 1.33. The van der Waals surface area contributed by atoms with Crippen molar-refractivity contribution >= 4 is 40.3 Å². The van der Waals surface area contributed by atoms with Crippen molar-refractivity contribution in [1.82, 2.24) is 4.90 Å². The number of amides is 1. The Morgan fingerprint density at radius 1 is 1.12 bits per heavy atom. The quantitative estimate of drug-likeness (QED) is 0.235. The van der Waals surface area contributed by atoms with E-state index in [1.165, 1.54) is 23.9 Å². The Hall–Kier alpha value is -3.65. The number of hydrogen-bond donors (Lipinski definition) is 0. The summed E-state index contributed by atoms with van der Waals surface area (Å²) < 4.78 is 5.90. The number of hydrogen-bond acceptors (Lipinski definition) is 6. The molecule has 2 aromatic carbocycles. The molecule has 33 heavy (non-hydrogen) atoms. The van der Waals surface area contributed by atoms with Gasteiger partial charge in [-0.2, -0.15) is 0 Å². The number of carbonyl (C=O) groups excluding carboxylic acids is 1. The number of nitro groups is 1. The van der Waals surface area contributed by atoms with Crippen molar-refractivity contribution in [1.29, 1.82) is 0 Å². The van der Waals surface area contributed by atoms with Crippen LogP contribution in [-0.2, 0) is 4.79 Å². The number of non-ortho nitro benzene ring substituents is 1. The van der Waals surface area contributed by atoms with Gasteiger partial charge in [-0.15, -0.1) is 0 Å². The number of benzene rings is 2. The van der Waals surface area contributed by atoms with Crippen LogP contribution in [0.2, 0.25) is 0 Å². The second-order valence-electron chi connectivity index (χ2n) is 7.78. The topological polar surface area (TPSA) is 89.0 Å². The minimum absolute atomic E-state index is 0.00682. The first-order valence-corrected chi connectivity index (χ1v) is 11.4. The fourth-order valence-electron chi connectivity index (χ4n) is 3.33. The Balaban J connectivity index is 1.62. The molecule has 1 saturated heterocycles. The monoisotopic (exact) mass is 461 g/mol. The van der Waals surface area contributed by atoms with Gasteiger partial charge in [-0.05, 0) is 68.4 Å². The lowest BCUT2D eigenvalue weighted by Gasteiger charge is -2.22. The first-order valence-electron chi connectivity index (χ1n) is 10.6. The van der Waals surface area contributed by atoms with E-state index in [9.17, 15) is 14.9 Å². The van der Waals surface area contributed by atoms with Gasteiger partial charge in [0.05, 0.1) is 15.5 Å². The molecule has 8 heteroatoms. The number of amidine groups is 1. The molecule has 1 aliphatic rings. The molecule has 0 saturated carbocycles. The van der Waals surface area contributed by atoms with E-state index in [0.717, 1.165) is 23.2 Å². The van der Waals surface area contributed by atoms with Crippen molar-refractivity contribution in [2.45, 2.75) is 33.2 Å². The van der Waals surface area contributed by atoms with Crippen molar-refractivity contribution in [2.24, 2.45) is 4.99 Å². The van der Waals surface area contributed by atoms with Crippen LogP contribution in [0.3, 0.4) is 0 Å². The first kappa shape index (κ1) is 22.5. The zero-order valence-electron chi connectivity index (χ0n) is 18.5. The zero-order chi connectivity index (χ0) is 23.5. The maximum Gasteiger partial charge on any atom is 0.269 e. The minimum atomic E-state index is -0.441. The van der Waals surface area contributed by atoms with Gasteiger partial charge in [0, 0.05) is 29.8 Å². The van der Waals surface area contributed by atoms with Crippen molar-refractivity contribution in [3.63, 3.8) is 0 Å². The van der Waals surface area contributed by atoms with E-state index in [1.807, 2.05) is 45.0 Å². The molecule has 7 nitrogen and oxygen atoms in total. The number of rotatable bonds is 6. The highest BCUT2D eigenvalue weighted by Gasteiger charge is 2.36. The molecule has 1 fully saturated rings. The molecule has 0 N–H and O–H groups in total. The van der Waals surface area contributed by atoms with E-state index in [2.05, 4.69) is 0 Å². The van der Waals surface area contributed by atoms with Crippen LogP contribution < -0.4 is 0 Å². The van der Waals surface area contributed by atoms with Gasteiger partial charge in [0.15, 0.2) is 5.17 Å². The summed E-state index contributed by atoms with van der Waals surface area (Å²) in [5, 5.41) is 11.5. The lowest BCUT2D eigenvalue weighted by atomic mass is 10.1. The number of nitrogens with zero attached hydrogens (tertiary/aromatic N) is 3. The maximum absolute atomic E-state index is 13.2. The predicted octanol–water partition coefficient (Wildman–Crippen LogP) is 6.57. The van der Waals surface area contributed by atoms with Gasteiger partial charge in [0.1, 0.15) is 11.5 Å².